The van der Waals surface area contributed by atoms with Gasteiger partial charge in [0, 0.05) is 11.5 Å². The van der Waals surface area contributed by atoms with Crippen LogP contribution < -0.4 is 0 Å². The van der Waals surface area contributed by atoms with Gasteiger partial charge in [0.25, 0.3) is 0 Å². The molecule has 4 atom stereocenters. The van der Waals surface area contributed by atoms with E-state index in [1.54, 1.807) is 0 Å². The third-order valence-electron chi connectivity index (χ3n) is 3.96. The van der Waals surface area contributed by atoms with Crippen molar-refractivity contribution in [3.8, 4) is 0 Å². The molecule has 1 unspecified atom stereocenters. The third kappa shape index (κ3) is 3.44. The number of aliphatic hydroxyl groups excluding tert-OH is 1. The van der Waals surface area contributed by atoms with Crippen molar-refractivity contribution in [1.29, 1.82) is 0 Å². The summed E-state index contributed by atoms with van der Waals surface area (Å²) in [6.45, 7) is 4.19. The molecule has 0 aliphatic carbocycles. The van der Waals surface area contributed by atoms with E-state index in [0.717, 1.165) is 5.56 Å². The molecule has 1 aromatic rings. The number of rotatable bonds is 4. The molecular weight excluding hydrogens is 298 g/mol. The maximum atomic E-state index is 11.8. The summed E-state index contributed by atoms with van der Waals surface area (Å²) in [7, 11) is 0. The van der Waals surface area contributed by atoms with Gasteiger partial charge in [0.1, 0.15) is 11.8 Å². The van der Waals surface area contributed by atoms with Crippen molar-refractivity contribution in [2.45, 2.75) is 45.0 Å². The van der Waals surface area contributed by atoms with Crippen molar-refractivity contribution >= 4 is 11.7 Å². The van der Waals surface area contributed by atoms with Crippen LogP contribution in [-0.2, 0) is 19.0 Å². The molecule has 1 fully saturated rings. The van der Waals surface area contributed by atoms with Crippen molar-refractivity contribution in [3.63, 3.8) is 0 Å². The molecule has 6 nitrogen and oxygen atoms in total. The minimum atomic E-state index is -1.01. The lowest BCUT2D eigenvalue weighted by molar-refractivity contribution is -0.246. The highest BCUT2D eigenvalue weighted by Gasteiger charge is 2.40. The van der Waals surface area contributed by atoms with Crippen LogP contribution >= 0.6 is 0 Å². The van der Waals surface area contributed by atoms with Gasteiger partial charge in [-0.15, -0.1) is 0 Å². The van der Waals surface area contributed by atoms with E-state index >= 15 is 0 Å². The van der Waals surface area contributed by atoms with Gasteiger partial charge in [0.15, 0.2) is 6.29 Å². The second kappa shape index (κ2) is 6.78. The average molecular weight is 319 g/mol. The summed E-state index contributed by atoms with van der Waals surface area (Å²) in [6, 6.07) is 9.53. The van der Waals surface area contributed by atoms with Gasteiger partial charge in [-0.1, -0.05) is 44.2 Å². The molecular formula is C17H21NO5. The third-order valence-corrected chi connectivity index (χ3v) is 3.96. The maximum Gasteiger partial charge on any atom is 0.354 e. The molecule has 2 aliphatic rings. The van der Waals surface area contributed by atoms with E-state index in [4.69, 9.17) is 14.2 Å². The lowest BCUT2D eigenvalue weighted by Crippen LogP contribution is -2.42. The minimum absolute atomic E-state index is 0.0348. The summed E-state index contributed by atoms with van der Waals surface area (Å²) in [5.41, 5.74) is 1.25. The van der Waals surface area contributed by atoms with E-state index in [9.17, 15) is 9.90 Å². The van der Waals surface area contributed by atoms with Crippen LogP contribution in [0.2, 0.25) is 0 Å². The molecule has 0 spiro atoms. The first kappa shape index (κ1) is 16.1. The van der Waals surface area contributed by atoms with Crippen molar-refractivity contribution in [3.05, 3.63) is 35.9 Å². The molecule has 2 aliphatic heterocycles. The highest BCUT2D eigenvalue weighted by atomic mass is 16.7. The Bertz CT molecular complexity index is 586. The Morgan fingerprint density at radius 3 is 2.65 bits per heavy atom. The molecule has 0 aromatic heterocycles. The van der Waals surface area contributed by atoms with Crippen LogP contribution in [0.1, 0.15) is 32.1 Å². The standard InChI is InChI=1S/C17H21NO5/c1-10(2)13-16(20)23-15(18-13)14(19)12-8-9-21-17(22-12)11-6-4-3-5-7-11/h3-7,10,12,14-15,17,19H,8-9H2,1-2H3/t12-,14-,15?,17-/m0/s1. The summed E-state index contributed by atoms with van der Waals surface area (Å²) >= 11 is 0. The van der Waals surface area contributed by atoms with Gasteiger partial charge in [-0.25, -0.2) is 9.79 Å². The number of aliphatic hydroxyl groups is 1. The van der Waals surface area contributed by atoms with E-state index in [2.05, 4.69) is 4.99 Å². The monoisotopic (exact) mass is 319 g/mol. The number of carbonyl (C=O) groups is 1. The number of aliphatic imine (C=N–C) groups is 1. The van der Waals surface area contributed by atoms with Gasteiger partial charge < -0.3 is 19.3 Å². The van der Waals surface area contributed by atoms with Gasteiger partial charge in [-0.05, 0) is 6.42 Å². The predicted molar refractivity (Wildman–Crippen MR) is 82.8 cm³/mol. The van der Waals surface area contributed by atoms with E-state index in [0.29, 0.717) is 18.7 Å². The zero-order chi connectivity index (χ0) is 16.4. The number of cyclic esters (lactones) is 1. The van der Waals surface area contributed by atoms with Crippen molar-refractivity contribution < 1.29 is 24.1 Å². The largest absolute Gasteiger partial charge is 0.432 e. The number of ether oxygens (including phenoxy) is 3. The molecule has 1 aromatic carbocycles. The van der Waals surface area contributed by atoms with Crippen LogP contribution in [0, 0.1) is 5.92 Å². The fraction of sp³-hybridized carbons (Fsp3) is 0.529. The molecule has 3 rings (SSSR count). The van der Waals surface area contributed by atoms with Crippen molar-refractivity contribution in [1.82, 2.24) is 0 Å². The molecule has 2 heterocycles. The van der Waals surface area contributed by atoms with Gasteiger partial charge in [-0.3, -0.25) is 0 Å². The van der Waals surface area contributed by atoms with E-state index in [-0.39, 0.29) is 5.92 Å². The van der Waals surface area contributed by atoms with Gasteiger partial charge in [-0.2, -0.15) is 0 Å². The van der Waals surface area contributed by atoms with Crippen LogP contribution in [0.3, 0.4) is 0 Å². The Morgan fingerprint density at radius 1 is 1.26 bits per heavy atom. The quantitative estimate of drug-likeness (QED) is 0.857. The van der Waals surface area contributed by atoms with Crippen LogP contribution in [0.5, 0.6) is 0 Å². The minimum Gasteiger partial charge on any atom is -0.432 e. The lowest BCUT2D eigenvalue weighted by Gasteiger charge is -2.33. The van der Waals surface area contributed by atoms with Crippen LogP contribution in [0.4, 0.5) is 0 Å². The molecule has 6 heteroatoms. The summed E-state index contributed by atoms with van der Waals surface area (Å²) in [5.74, 6) is -0.497. The molecule has 1 saturated heterocycles. The van der Waals surface area contributed by atoms with Crippen LogP contribution in [-0.4, -0.2) is 41.8 Å². The SMILES string of the molecule is CC(C)C1=NC([C@@H](O)[C@@H]2CCO[C@H](c3ccccc3)O2)OC1=O. The molecule has 0 saturated carbocycles. The summed E-state index contributed by atoms with van der Waals surface area (Å²) in [6.07, 6.45) is -2.42. The fourth-order valence-electron chi connectivity index (χ4n) is 2.69. The maximum absolute atomic E-state index is 11.8. The number of hydrogen-bond acceptors (Lipinski definition) is 6. The van der Waals surface area contributed by atoms with Crippen molar-refractivity contribution in [2.75, 3.05) is 6.61 Å². The highest BCUT2D eigenvalue weighted by molar-refractivity contribution is 6.38. The molecule has 1 N–H and O–H groups in total. The predicted octanol–water partition coefficient (Wildman–Crippen LogP) is 1.83. The number of nitrogens with zero attached hydrogens (tertiary/aromatic N) is 1. The van der Waals surface area contributed by atoms with Crippen molar-refractivity contribution in [2.24, 2.45) is 10.9 Å². The lowest BCUT2D eigenvalue weighted by atomic mass is 10.1. The average Bonchev–Trinajstić information content (AvgIpc) is 2.97. The topological polar surface area (TPSA) is 77.4 Å². The molecule has 0 bridgehead atoms. The Labute approximate surface area is 135 Å². The van der Waals surface area contributed by atoms with Gasteiger partial charge in [0.05, 0.1) is 12.7 Å². The zero-order valence-electron chi connectivity index (χ0n) is 13.2. The molecule has 0 radical (unpaired) electrons. The highest BCUT2D eigenvalue weighted by Crippen LogP contribution is 2.30. The van der Waals surface area contributed by atoms with Crippen LogP contribution in [0.15, 0.2) is 35.3 Å². The first-order valence-corrected chi connectivity index (χ1v) is 7.85. The van der Waals surface area contributed by atoms with Gasteiger partial charge in [0.2, 0.25) is 6.23 Å². The number of hydrogen-bond donors (Lipinski definition) is 1. The second-order valence-corrected chi connectivity index (χ2v) is 6.03. The summed E-state index contributed by atoms with van der Waals surface area (Å²) < 4.78 is 16.6. The number of esters is 1. The molecule has 0 amide bonds. The second-order valence-electron chi connectivity index (χ2n) is 6.03. The van der Waals surface area contributed by atoms with E-state index < -0.39 is 30.7 Å². The Balaban J connectivity index is 1.68. The van der Waals surface area contributed by atoms with Gasteiger partial charge >= 0.3 is 5.97 Å². The number of carbonyl (C=O) groups excluding carboxylic acids is 1. The Morgan fingerprint density at radius 2 is 2.00 bits per heavy atom. The molecule has 23 heavy (non-hydrogen) atoms. The first-order chi connectivity index (χ1) is 11.1. The molecule has 124 valence electrons. The smallest absolute Gasteiger partial charge is 0.354 e. The Hall–Kier alpha value is -1.76. The fourth-order valence-corrected chi connectivity index (χ4v) is 2.69. The summed E-state index contributed by atoms with van der Waals surface area (Å²) in [4.78, 5) is 16.0. The summed E-state index contributed by atoms with van der Waals surface area (Å²) in [5, 5.41) is 10.5. The van der Waals surface area contributed by atoms with Crippen LogP contribution in [0.25, 0.3) is 0 Å². The normalized spacial score (nSPS) is 29.3. The number of benzene rings is 1. The van der Waals surface area contributed by atoms with E-state index in [1.165, 1.54) is 0 Å². The Kier molecular flexibility index (Phi) is 4.75. The first-order valence-electron chi connectivity index (χ1n) is 7.85. The zero-order valence-corrected chi connectivity index (χ0v) is 13.2. The van der Waals surface area contributed by atoms with E-state index in [1.807, 2.05) is 44.2 Å².